The van der Waals surface area contributed by atoms with Gasteiger partial charge in [-0.2, -0.15) is 0 Å². The molecule has 1 fully saturated rings. The predicted molar refractivity (Wildman–Crippen MR) is 80.0 cm³/mol. The first-order valence-electron chi connectivity index (χ1n) is 6.93. The summed E-state index contributed by atoms with van der Waals surface area (Å²) in [6.07, 6.45) is 5.18. The molecule has 1 saturated heterocycles. The van der Waals surface area contributed by atoms with Crippen molar-refractivity contribution in [1.82, 2.24) is 4.90 Å². The van der Waals surface area contributed by atoms with Crippen LogP contribution in [0.2, 0.25) is 0 Å². The van der Waals surface area contributed by atoms with E-state index < -0.39 is 0 Å². The number of hydrogen-bond donors (Lipinski definition) is 1. The van der Waals surface area contributed by atoms with Crippen LogP contribution in [0.15, 0.2) is 24.3 Å². The van der Waals surface area contributed by atoms with Gasteiger partial charge in [0.1, 0.15) is 5.75 Å². The van der Waals surface area contributed by atoms with Crippen molar-refractivity contribution in [1.29, 1.82) is 0 Å². The summed E-state index contributed by atoms with van der Waals surface area (Å²) in [5.74, 6) is 0.894. The minimum atomic E-state index is 0. The first-order valence-corrected chi connectivity index (χ1v) is 6.93. The largest absolute Gasteiger partial charge is 0.494 e. The lowest BCUT2D eigenvalue weighted by Gasteiger charge is -2.26. The van der Waals surface area contributed by atoms with Crippen LogP contribution in [0.25, 0.3) is 0 Å². The summed E-state index contributed by atoms with van der Waals surface area (Å²) in [7, 11) is 0. The molecule has 3 nitrogen and oxygen atoms in total. The smallest absolute Gasteiger partial charge is 0.119 e. The second kappa shape index (κ2) is 9.18. The maximum Gasteiger partial charge on any atom is 0.119 e. The summed E-state index contributed by atoms with van der Waals surface area (Å²) in [6, 6.07) is 7.65. The summed E-state index contributed by atoms with van der Waals surface area (Å²) in [5.41, 5.74) is 0.927. The van der Waals surface area contributed by atoms with Crippen molar-refractivity contribution in [2.24, 2.45) is 0 Å². The number of nitrogens with zero attached hydrogens (tertiary/aromatic N) is 1. The van der Waals surface area contributed by atoms with Gasteiger partial charge in [-0.3, -0.25) is 0 Å². The zero-order valence-electron chi connectivity index (χ0n) is 11.4. The van der Waals surface area contributed by atoms with Gasteiger partial charge in [0.25, 0.3) is 0 Å². The van der Waals surface area contributed by atoms with Crippen LogP contribution >= 0.6 is 12.4 Å². The number of benzene rings is 1. The van der Waals surface area contributed by atoms with Gasteiger partial charge in [-0.15, -0.1) is 12.4 Å². The van der Waals surface area contributed by atoms with E-state index in [0.29, 0.717) is 0 Å². The van der Waals surface area contributed by atoms with Crippen molar-refractivity contribution in [3.8, 4) is 5.75 Å². The second-order valence-corrected chi connectivity index (χ2v) is 4.91. The normalized spacial score (nSPS) is 15.8. The summed E-state index contributed by atoms with van der Waals surface area (Å²) in [4.78, 5) is 2.53. The Hall–Kier alpha value is -0.770. The fourth-order valence-electron chi connectivity index (χ4n) is 2.35. The van der Waals surface area contributed by atoms with Gasteiger partial charge in [-0.05, 0) is 50.0 Å². The molecular formula is C15H24ClNO2. The van der Waals surface area contributed by atoms with Crippen LogP contribution in [-0.2, 0) is 6.61 Å². The maximum absolute atomic E-state index is 8.94. The topological polar surface area (TPSA) is 32.7 Å². The van der Waals surface area contributed by atoms with Crippen molar-refractivity contribution in [2.75, 3.05) is 26.2 Å². The van der Waals surface area contributed by atoms with E-state index >= 15 is 0 Å². The zero-order chi connectivity index (χ0) is 12.6. The van der Waals surface area contributed by atoms with Gasteiger partial charge in [-0.25, -0.2) is 0 Å². The Labute approximate surface area is 122 Å². The maximum atomic E-state index is 8.94. The number of piperidine rings is 1. The number of likely N-dealkylation sites (tertiary alicyclic amines) is 1. The molecule has 1 aromatic carbocycles. The Balaban J connectivity index is 0.00000180. The molecule has 108 valence electrons. The second-order valence-electron chi connectivity index (χ2n) is 4.91. The Bertz CT molecular complexity index is 337. The molecule has 0 bridgehead atoms. The van der Waals surface area contributed by atoms with Crippen molar-refractivity contribution < 1.29 is 9.84 Å². The summed E-state index contributed by atoms with van der Waals surface area (Å²) < 4.78 is 5.69. The number of hydrogen-bond acceptors (Lipinski definition) is 3. The van der Waals surface area contributed by atoms with Gasteiger partial charge in [0, 0.05) is 6.54 Å². The molecule has 1 N–H and O–H groups in total. The van der Waals surface area contributed by atoms with Crippen LogP contribution in [0.3, 0.4) is 0 Å². The van der Waals surface area contributed by atoms with Crippen LogP contribution in [-0.4, -0.2) is 36.2 Å². The zero-order valence-corrected chi connectivity index (χ0v) is 12.2. The first kappa shape index (κ1) is 16.3. The fraction of sp³-hybridized carbons (Fsp3) is 0.600. The fourth-order valence-corrected chi connectivity index (χ4v) is 2.35. The molecule has 0 unspecified atom stereocenters. The average Bonchev–Trinajstić information content (AvgIpc) is 2.45. The highest BCUT2D eigenvalue weighted by molar-refractivity contribution is 5.85. The molecule has 1 aliphatic heterocycles. The first-order chi connectivity index (χ1) is 8.88. The SMILES string of the molecule is Cl.OCc1ccc(OCCCN2CCCCC2)cc1. The number of ether oxygens (including phenoxy) is 1. The van der Waals surface area contributed by atoms with Crippen molar-refractivity contribution in [3.63, 3.8) is 0 Å². The highest BCUT2D eigenvalue weighted by Gasteiger charge is 2.08. The molecule has 0 saturated carbocycles. The number of aliphatic hydroxyl groups is 1. The molecule has 0 spiro atoms. The Kier molecular flexibility index (Phi) is 7.87. The molecule has 2 rings (SSSR count). The van der Waals surface area contributed by atoms with Gasteiger partial charge in [0.15, 0.2) is 0 Å². The van der Waals surface area contributed by atoms with E-state index in [4.69, 9.17) is 9.84 Å². The third kappa shape index (κ3) is 5.81. The van der Waals surface area contributed by atoms with E-state index in [1.54, 1.807) is 0 Å². The lowest BCUT2D eigenvalue weighted by molar-refractivity contribution is 0.205. The molecule has 4 heteroatoms. The third-order valence-electron chi connectivity index (χ3n) is 3.44. The van der Waals surface area contributed by atoms with Crippen LogP contribution in [0.5, 0.6) is 5.75 Å². The van der Waals surface area contributed by atoms with Gasteiger partial charge in [0.05, 0.1) is 13.2 Å². The number of rotatable bonds is 6. The van der Waals surface area contributed by atoms with E-state index in [2.05, 4.69) is 4.90 Å². The van der Waals surface area contributed by atoms with Crippen LogP contribution in [0, 0.1) is 0 Å². The lowest BCUT2D eigenvalue weighted by Crippen LogP contribution is -2.31. The molecule has 0 aromatic heterocycles. The van der Waals surface area contributed by atoms with Gasteiger partial charge in [-0.1, -0.05) is 18.6 Å². The van der Waals surface area contributed by atoms with E-state index in [1.807, 2.05) is 24.3 Å². The van der Waals surface area contributed by atoms with E-state index in [-0.39, 0.29) is 19.0 Å². The molecule has 19 heavy (non-hydrogen) atoms. The lowest BCUT2D eigenvalue weighted by atomic mass is 10.1. The molecular weight excluding hydrogens is 262 g/mol. The quantitative estimate of drug-likeness (QED) is 0.816. The predicted octanol–water partition coefficient (Wildman–Crippen LogP) is 2.86. The monoisotopic (exact) mass is 285 g/mol. The van der Waals surface area contributed by atoms with Crippen LogP contribution in [0.4, 0.5) is 0 Å². The van der Waals surface area contributed by atoms with Crippen LogP contribution in [0.1, 0.15) is 31.2 Å². The summed E-state index contributed by atoms with van der Waals surface area (Å²) >= 11 is 0. The van der Waals surface area contributed by atoms with Crippen molar-refractivity contribution >= 4 is 12.4 Å². The Morgan fingerprint density at radius 3 is 2.37 bits per heavy atom. The summed E-state index contributed by atoms with van der Waals surface area (Å²) in [6.45, 7) is 4.52. The molecule has 0 radical (unpaired) electrons. The molecule has 1 aliphatic rings. The average molecular weight is 286 g/mol. The summed E-state index contributed by atoms with van der Waals surface area (Å²) in [5, 5.41) is 8.94. The van der Waals surface area contributed by atoms with E-state index in [0.717, 1.165) is 30.9 Å². The highest BCUT2D eigenvalue weighted by atomic mass is 35.5. The van der Waals surface area contributed by atoms with Crippen LogP contribution < -0.4 is 4.74 Å². The Morgan fingerprint density at radius 2 is 1.74 bits per heavy atom. The van der Waals surface area contributed by atoms with Gasteiger partial charge < -0.3 is 14.7 Å². The third-order valence-corrected chi connectivity index (χ3v) is 3.44. The van der Waals surface area contributed by atoms with E-state index in [9.17, 15) is 0 Å². The Morgan fingerprint density at radius 1 is 1.05 bits per heavy atom. The molecule has 0 atom stereocenters. The highest BCUT2D eigenvalue weighted by Crippen LogP contribution is 2.13. The minimum absolute atomic E-state index is 0. The number of halogens is 1. The van der Waals surface area contributed by atoms with Crippen molar-refractivity contribution in [2.45, 2.75) is 32.3 Å². The molecule has 0 amide bonds. The number of aliphatic hydroxyl groups excluding tert-OH is 1. The minimum Gasteiger partial charge on any atom is -0.494 e. The van der Waals surface area contributed by atoms with Gasteiger partial charge in [0.2, 0.25) is 0 Å². The molecule has 1 aromatic rings. The van der Waals surface area contributed by atoms with Crippen molar-refractivity contribution in [3.05, 3.63) is 29.8 Å². The molecule has 0 aliphatic carbocycles. The standard InChI is InChI=1S/C15H23NO2.ClH/c17-13-14-5-7-15(8-6-14)18-12-4-11-16-9-2-1-3-10-16;/h5-8,17H,1-4,9-13H2;1H. The van der Waals surface area contributed by atoms with E-state index in [1.165, 1.54) is 32.4 Å². The van der Waals surface area contributed by atoms with Gasteiger partial charge >= 0.3 is 0 Å². The molecule has 1 heterocycles.